The molecule has 0 aliphatic carbocycles. The number of aromatic hydroxyl groups is 2. The first kappa shape index (κ1) is 19.8. The quantitative estimate of drug-likeness (QED) is 0.408. The van der Waals surface area contributed by atoms with Crippen LogP contribution in [0.15, 0.2) is 18.2 Å². The molecule has 1 atom stereocenters. The minimum atomic E-state index is -1.32. The second kappa shape index (κ2) is 7.53. The van der Waals surface area contributed by atoms with Crippen LogP contribution in [0.2, 0.25) is 0 Å². The van der Waals surface area contributed by atoms with Crippen molar-refractivity contribution in [3.63, 3.8) is 0 Å². The lowest BCUT2D eigenvalue weighted by Gasteiger charge is -2.23. The normalized spacial score (nSPS) is 13.9. The molecular formula is C17H25NO6. The highest BCUT2D eigenvalue weighted by Crippen LogP contribution is 2.26. The van der Waals surface area contributed by atoms with Crippen LogP contribution < -0.4 is 5.73 Å². The number of benzene rings is 1. The van der Waals surface area contributed by atoms with Gasteiger partial charge in [-0.3, -0.25) is 9.59 Å². The van der Waals surface area contributed by atoms with Crippen LogP contribution in [0.3, 0.4) is 0 Å². The molecule has 1 rings (SSSR count). The van der Waals surface area contributed by atoms with Crippen LogP contribution >= 0.6 is 0 Å². The molecule has 0 heterocycles. The van der Waals surface area contributed by atoms with Crippen molar-refractivity contribution in [3.8, 4) is 11.5 Å². The Labute approximate surface area is 141 Å². The summed E-state index contributed by atoms with van der Waals surface area (Å²) in [6.07, 6.45) is 0.113. The van der Waals surface area contributed by atoms with Crippen molar-refractivity contribution in [1.82, 2.24) is 0 Å². The number of hydrogen-bond donors (Lipinski definition) is 3. The van der Waals surface area contributed by atoms with Crippen molar-refractivity contribution in [3.05, 3.63) is 23.8 Å². The van der Waals surface area contributed by atoms with Crippen molar-refractivity contribution < 1.29 is 29.3 Å². The Morgan fingerprint density at radius 3 is 2.04 bits per heavy atom. The predicted molar refractivity (Wildman–Crippen MR) is 87.4 cm³/mol. The molecule has 0 saturated carbocycles. The molecule has 1 aromatic rings. The molecule has 4 N–H and O–H groups in total. The number of ether oxygens (including phenoxy) is 2. The van der Waals surface area contributed by atoms with Crippen LogP contribution in [-0.4, -0.2) is 40.9 Å². The first-order valence-electron chi connectivity index (χ1n) is 7.57. The number of hydrogen-bond acceptors (Lipinski definition) is 7. The lowest BCUT2D eigenvalue weighted by molar-refractivity contribution is -0.160. The average Bonchev–Trinajstić information content (AvgIpc) is 2.45. The lowest BCUT2D eigenvalue weighted by Crippen LogP contribution is -2.48. The molecule has 0 fully saturated rings. The summed E-state index contributed by atoms with van der Waals surface area (Å²) in [7, 11) is 0. The van der Waals surface area contributed by atoms with Crippen LogP contribution in [0.4, 0.5) is 0 Å². The second-order valence-electron chi connectivity index (χ2n) is 6.94. The molecule has 0 bridgehead atoms. The van der Waals surface area contributed by atoms with E-state index in [1.54, 1.807) is 26.8 Å². The van der Waals surface area contributed by atoms with Crippen LogP contribution in [-0.2, 0) is 25.5 Å². The van der Waals surface area contributed by atoms with Gasteiger partial charge in [0.05, 0.1) is 5.41 Å². The van der Waals surface area contributed by atoms with Gasteiger partial charge in [-0.15, -0.1) is 0 Å². The van der Waals surface area contributed by atoms with E-state index in [0.717, 1.165) is 0 Å². The number of phenols is 2. The summed E-state index contributed by atoms with van der Waals surface area (Å²) < 4.78 is 10.0. The van der Waals surface area contributed by atoms with Crippen LogP contribution in [0.1, 0.15) is 33.3 Å². The molecule has 7 nitrogen and oxygen atoms in total. The molecule has 0 saturated heterocycles. The van der Waals surface area contributed by atoms with Gasteiger partial charge in [-0.2, -0.15) is 0 Å². The zero-order valence-corrected chi connectivity index (χ0v) is 14.5. The molecule has 0 aliphatic rings. The van der Waals surface area contributed by atoms with Crippen LogP contribution in [0.5, 0.6) is 11.5 Å². The van der Waals surface area contributed by atoms with Gasteiger partial charge >= 0.3 is 11.9 Å². The predicted octanol–water partition coefficient (Wildman–Crippen LogP) is 1.49. The maximum absolute atomic E-state index is 12.1. The summed E-state index contributed by atoms with van der Waals surface area (Å²) in [5, 5.41) is 18.8. The van der Waals surface area contributed by atoms with Crippen molar-refractivity contribution in [1.29, 1.82) is 0 Å². The van der Waals surface area contributed by atoms with Gasteiger partial charge in [0.1, 0.15) is 18.8 Å². The van der Waals surface area contributed by atoms with Gasteiger partial charge in [-0.1, -0.05) is 6.07 Å². The summed E-state index contributed by atoms with van der Waals surface area (Å²) in [6.45, 7) is 6.55. The largest absolute Gasteiger partial charge is 0.504 e. The Kier molecular flexibility index (Phi) is 6.20. The van der Waals surface area contributed by atoms with Crippen molar-refractivity contribution in [2.45, 2.75) is 39.7 Å². The Hall–Kier alpha value is -2.28. The maximum atomic E-state index is 12.1. The third-order valence-corrected chi connectivity index (χ3v) is 3.24. The third-order valence-electron chi connectivity index (χ3n) is 3.24. The minimum absolute atomic E-state index is 0.0437. The monoisotopic (exact) mass is 339 g/mol. The fourth-order valence-electron chi connectivity index (χ4n) is 1.83. The summed E-state index contributed by atoms with van der Waals surface area (Å²) in [5.41, 5.74) is 4.60. The van der Waals surface area contributed by atoms with Gasteiger partial charge in [0.25, 0.3) is 0 Å². The highest BCUT2D eigenvalue weighted by atomic mass is 16.6. The highest BCUT2D eigenvalue weighted by molar-refractivity contribution is 5.80. The van der Waals surface area contributed by atoms with E-state index in [2.05, 4.69) is 0 Å². The van der Waals surface area contributed by atoms with E-state index in [1.165, 1.54) is 19.1 Å². The topological polar surface area (TPSA) is 119 Å². The van der Waals surface area contributed by atoms with Gasteiger partial charge in [0.2, 0.25) is 0 Å². The van der Waals surface area contributed by atoms with Crippen molar-refractivity contribution in [2.75, 3.05) is 13.2 Å². The first-order chi connectivity index (χ1) is 10.9. The molecule has 134 valence electrons. The van der Waals surface area contributed by atoms with E-state index < -0.39 is 16.9 Å². The standard InChI is InChI=1S/C17H25NO6/c1-16(2,3)14(21)23-7-8-24-15(22)17(4,18)10-11-5-6-12(19)13(20)9-11/h5-6,9,19-20H,7-8,10,18H2,1-4H3/t17-/m0/s1. The van der Waals surface area contributed by atoms with E-state index in [-0.39, 0.29) is 37.1 Å². The number of carbonyl (C=O) groups is 2. The fourth-order valence-corrected chi connectivity index (χ4v) is 1.83. The minimum Gasteiger partial charge on any atom is -0.504 e. The molecule has 0 amide bonds. The Morgan fingerprint density at radius 1 is 1.00 bits per heavy atom. The van der Waals surface area contributed by atoms with Gasteiger partial charge < -0.3 is 25.4 Å². The summed E-state index contributed by atoms with van der Waals surface area (Å²) in [5.74, 6) is -1.57. The van der Waals surface area contributed by atoms with E-state index in [0.29, 0.717) is 5.56 Å². The zero-order chi connectivity index (χ0) is 18.5. The van der Waals surface area contributed by atoms with Gasteiger partial charge in [0, 0.05) is 6.42 Å². The maximum Gasteiger partial charge on any atom is 0.326 e. The summed E-state index contributed by atoms with van der Waals surface area (Å²) in [6, 6.07) is 4.20. The lowest BCUT2D eigenvalue weighted by atomic mass is 9.94. The molecule has 0 unspecified atom stereocenters. The average molecular weight is 339 g/mol. The Morgan fingerprint density at radius 2 is 1.54 bits per heavy atom. The SMILES string of the molecule is CC(C)(C)C(=O)OCCOC(=O)[C@@](C)(N)Cc1ccc(O)c(O)c1. The first-order valence-corrected chi connectivity index (χ1v) is 7.57. The highest BCUT2D eigenvalue weighted by Gasteiger charge is 2.31. The van der Waals surface area contributed by atoms with Gasteiger partial charge in [-0.25, -0.2) is 0 Å². The van der Waals surface area contributed by atoms with Crippen LogP contribution in [0, 0.1) is 5.41 Å². The fraction of sp³-hybridized carbons (Fsp3) is 0.529. The molecule has 0 aromatic heterocycles. The molecule has 24 heavy (non-hydrogen) atoms. The van der Waals surface area contributed by atoms with E-state index in [9.17, 15) is 19.8 Å². The Balaban J connectivity index is 2.50. The third kappa shape index (κ3) is 5.73. The summed E-state index contributed by atoms with van der Waals surface area (Å²) >= 11 is 0. The number of carbonyl (C=O) groups excluding carboxylic acids is 2. The molecule has 0 radical (unpaired) electrons. The zero-order valence-electron chi connectivity index (χ0n) is 14.5. The van der Waals surface area contributed by atoms with E-state index >= 15 is 0 Å². The Bertz CT molecular complexity index is 604. The van der Waals surface area contributed by atoms with Crippen molar-refractivity contribution >= 4 is 11.9 Å². The van der Waals surface area contributed by atoms with E-state index in [1.807, 2.05) is 0 Å². The van der Waals surface area contributed by atoms with Gasteiger partial charge in [-0.05, 0) is 45.4 Å². The van der Waals surface area contributed by atoms with Crippen molar-refractivity contribution in [2.24, 2.45) is 11.1 Å². The molecule has 0 aliphatic heterocycles. The van der Waals surface area contributed by atoms with Gasteiger partial charge in [0.15, 0.2) is 11.5 Å². The smallest absolute Gasteiger partial charge is 0.326 e. The van der Waals surface area contributed by atoms with Crippen LogP contribution in [0.25, 0.3) is 0 Å². The molecule has 7 heteroatoms. The number of nitrogens with two attached hydrogens (primary N) is 1. The van der Waals surface area contributed by atoms with E-state index in [4.69, 9.17) is 15.2 Å². The summed E-state index contributed by atoms with van der Waals surface area (Å²) in [4.78, 5) is 23.6. The second-order valence-corrected chi connectivity index (χ2v) is 6.94. The molecule has 0 spiro atoms. The molecular weight excluding hydrogens is 314 g/mol. The number of rotatable bonds is 6. The number of phenolic OH excluding ortho intramolecular Hbond substituents is 2. The number of esters is 2. The molecule has 1 aromatic carbocycles.